The molecule has 2 saturated heterocycles. The molecular weight excluding hydrogens is 448 g/mol. The number of benzene rings is 1. The Balaban J connectivity index is 1.43. The average molecular weight is 481 g/mol. The summed E-state index contributed by atoms with van der Waals surface area (Å²) in [6.07, 6.45) is 1.17. The van der Waals surface area contributed by atoms with Crippen molar-refractivity contribution in [3.05, 3.63) is 64.1 Å². The summed E-state index contributed by atoms with van der Waals surface area (Å²) in [6, 6.07) is 12.9. The van der Waals surface area contributed by atoms with Gasteiger partial charge in [-0.3, -0.25) is 14.4 Å². The lowest BCUT2D eigenvalue weighted by atomic mass is 9.77. The molecule has 0 unspecified atom stereocenters. The summed E-state index contributed by atoms with van der Waals surface area (Å²) in [5.41, 5.74) is 0.411. The highest BCUT2D eigenvalue weighted by atomic mass is 16.7. The number of carbonyl (C=O) groups excluding carboxylic acids is 2. The third kappa shape index (κ3) is 4.47. The van der Waals surface area contributed by atoms with Crippen molar-refractivity contribution < 1.29 is 23.8 Å². The van der Waals surface area contributed by atoms with Gasteiger partial charge in [0.15, 0.2) is 5.41 Å². The van der Waals surface area contributed by atoms with Crippen molar-refractivity contribution in [3.8, 4) is 5.75 Å². The highest BCUT2D eigenvalue weighted by Crippen LogP contribution is 2.40. The molecule has 2 fully saturated rings. The maximum absolute atomic E-state index is 13.5. The number of esters is 2. The van der Waals surface area contributed by atoms with Gasteiger partial charge in [-0.15, -0.1) is 0 Å². The number of aromatic nitrogens is 1. The summed E-state index contributed by atoms with van der Waals surface area (Å²) < 4.78 is 18.6. The minimum absolute atomic E-state index is 0.0271. The number of hydrogen-bond donors (Lipinski definition) is 0. The van der Waals surface area contributed by atoms with Gasteiger partial charge in [0.2, 0.25) is 0 Å². The zero-order valence-corrected chi connectivity index (χ0v) is 20.5. The number of pyridine rings is 1. The number of rotatable bonds is 6. The topological polar surface area (TPSA) is 87.1 Å². The van der Waals surface area contributed by atoms with Crippen LogP contribution in [0.25, 0.3) is 0 Å². The van der Waals surface area contributed by atoms with Gasteiger partial charge in [0.1, 0.15) is 5.75 Å². The van der Waals surface area contributed by atoms with E-state index in [0.29, 0.717) is 26.2 Å². The van der Waals surface area contributed by atoms with Crippen LogP contribution < -0.4 is 10.3 Å². The van der Waals surface area contributed by atoms with Crippen LogP contribution in [0.15, 0.2) is 47.3 Å². The van der Waals surface area contributed by atoms with Gasteiger partial charge in [0, 0.05) is 64.1 Å². The fourth-order valence-corrected chi connectivity index (χ4v) is 5.80. The molecule has 3 aliphatic rings. The summed E-state index contributed by atoms with van der Waals surface area (Å²) in [4.78, 5) is 41.5. The third-order valence-electron chi connectivity index (χ3n) is 7.25. The van der Waals surface area contributed by atoms with Crippen molar-refractivity contribution >= 4 is 11.9 Å². The van der Waals surface area contributed by atoms with E-state index in [4.69, 9.17) is 14.2 Å². The maximum atomic E-state index is 13.5. The van der Waals surface area contributed by atoms with E-state index < -0.39 is 23.1 Å². The lowest BCUT2D eigenvalue weighted by molar-refractivity contribution is -0.252. The van der Waals surface area contributed by atoms with Crippen molar-refractivity contribution in [2.75, 3.05) is 26.2 Å². The molecule has 2 bridgehead atoms. The normalized spacial score (nSPS) is 24.8. The van der Waals surface area contributed by atoms with E-state index >= 15 is 0 Å². The molecule has 8 heteroatoms. The third-order valence-corrected chi connectivity index (χ3v) is 7.25. The van der Waals surface area contributed by atoms with Gasteiger partial charge in [-0.05, 0) is 43.0 Å². The lowest BCUT2D eigenvalue weighted by Gasteiger charge is -2.47. The SMILES string of the molecule is CCOc1ccc(CC2(CN3C[C@H]4C[C@H](C3)c3cccc(=O)n3C4)C(=O)OC(C)(C)OC2=O)cc1. The molecule has 35 heavy (non-hydrogen) atoms. The Hall–Kier alpha value is -3.13. The molecule has 0 saturated carbocycles. The van der Waals surface area contributed by atoms with Crippen molar-refractivity contribution in [1.29, 1.82) is 0 Å². The Morgan fingerprint density at radius 3 is 2.37 bits per heavy atom. The summed E-state index contributed by atoms with van der Waals surface area (Å²) in [6.45, 7) is 7.84. The first-order valence-corrected chi connectivity index (χ1v) is 12.3. The Morgan fingerprint density at radius 1 is 0.971 bits per heavy atom. The minimum atomic E-state index is -1.47. The molecule has 0 amide bonds. The largest absolute Gasteiger partial charge is 0.494 e. The van der Waals surface area contributed by atoms with Gasteiger partial charge in [0.05, 0.1) is 6.61 Å². The molecule has 2 atom stereocenters. The smallest absolute Gasteiger partial charge is 0.328 e. The number of carbonyl (C=O) groups is 2. The first-order valence-electron chi connectivity index (χ1n) is 12.3. The van der Waals surface area contributed by atoms with E-state index in [1.54, 1.807) is 26.0 Å². The molecular formula is C27H32N2O6. The van der Waals surface area contributed by atoms with Crippen LogP contribution in [0.5, 0.6) is 5.75 Å². The molecule has 0 spiro atoms. The van der Waals surface area contributed by atoms with Crippen LogP contribution in [0.3, 0.4) is 0 Å². The maximum Gasteiger partial charge on any atom is 0.328 e. The van der Waals surface area contributed by atoms with Crippen LogP contribution >= 0.6 is 0 Å². The van der Waals surface area contributed by atoms with E-state index in [2.05, 4.69) is 4.90 Å². The predicted octanol–water partition coefficient (Wildman–Crippen LogP) is 2.73. The molecule has 1 aromatic carbocycles. The van der Waals surface area contributed by atoms with Gasteiger partial charge >= 0.3 is 11.9 Å². The van der Waals surface area contributed by atoms with Gasteiger partial charge in [-0.2, -0.15) is 0 Å². The Bertz CT molecular complexity index is 1160. The molecule has 2 aromatic rings. The molecule has 5 rings (SSSR count). The van der Waals surface area contributed by atoms with Gasteiger partial charge in [-0.1, -0.05) is 18.2 Å². The monoisotopic (exact) mass is 480 g/mol. The fraction of sp³-hybridized carbons (Fsp3) is 0.519. The summed E-state index contributed by atoms with van der Waals surface area (Å²) in [5, 5.41) is 0. The summed E-state index contributed by atoms with van der Waals surface area (Å²) in [7, 11) is 0. The van der Waals surface area contributed by atoms with E-state index in [1.807, 2.05) is 41.8 Å². The number of hydrogen-bond acceptors (Lipinski definition) is 7. The molecule has 1 aromatic heterocycles. The predicted molar refractivity (Wildman–Crippen MR) is 128 cm³/mol. The van der Waals surface area contributed by atoms with Crippen LogP contribution in [0.2, 0.25) is 0 Å². The van der Waals surface area contributed by atoms with Crippen LogP contribution in [0, 0.1) is 11.3 Å². The number of piperidine rings is 1. The average Bonchev–Trinajstić information content (AvgIpc) is 2.79. The second-order valence-corrected chi connectivity index (χ2v) is 10.4. The molecule has 0 aliphatic carbocycles. The van der Waals surface area contributed by atoms with Crippen LogP contribution in [0.4, 0.5) is 0 Å². The first-order chi connectivity index (χ1) is 16.7. The lowest BCUT2D eigenvalue weighted by Crippen LogP contribution is -2.61. The van der Waals surface area contributed by atoms with Gasteiger partial charge < -0.3 is 23.7 Å². The Kier molecular flexibility index (Phi) is 5.95. The van der Waals surface area contributed by atoms with Crippen molar-refractivity contribution in [2.24, 2.45) is 11.3 Å². The molecule has 3 aliphatic heterocycles. The van der Waals surface area contributed by atoms with Gasteiger partial charge in [-0.25, -0.2) is 0 Å². The zero-order valence-electron chi connectivity index (χ0n) is 20.5. The number of fused-ring (bicyclic) bond motifs is 4. The van der Waals surface area contributed by atoms with Crippen LogP contribution in [0.1, 0.15) is 44.4 Å². The van der Waals surface area contributed by atoms with Crippen molar-refractivity contribution in [2.45, 2.75) is 51.9 Å². The Labute approximate surface area is 204 Å². The van der Waals surface area contributed by atoms with E-state index in [-0.39, 0.29) is 30.4 Å². The van der Waals surface area contributed by atoms with Gasteiger partial charge in [0.25, 0.3) is 11.3 Å². The van der Waals surface area contributed by atoms with Crippen LogP contribution in [-0.2, 0) is 32.0 Å². The second kappa shape index (κ2) is 8.82. The van der Waals surface area contributed by atoms with Crippen molar-refractivity contribution in [3.63, 3.8) is 0 Å². The number of ether oxygens (including phenoxy) is 3. The molecule has 0 radical (unpaired) electrons. The molecule has 0 N–H and O–H groups in total. The van der Waals surface area contributed by atoms with Crippen molar-refractivity contribution in [1.82, 2.24) is 9.47 Å². The number of likely N-dealkylation sites (tertiary alicyclic amines) is 1. The van der Waals surface area contributed by atoms with Crippen LogP contribution in [-0.4, -0.2) is 53.4 Å². The number of nitrogens with zero attached hydrogens (tertiary/aromatic N) is 2. The minimum Gasteiger partial charge on any atom is -0.494 e. The quantitative estimate of drug-likeness (QED) is 0.464. The zero-order chi connectivity index (χ0) is 24.8. The number of cyclic esters (lactones) is 2. The summed E-state index contributed by atoms with van der Waals surface area (Å²) >= 11 is 0. The highest BCUT2D eigenvalue weighted by molar-refractivity contribution is 6.02. The summed E-state index contributed by atoms with van der Waals surface area (Å²) in [5.74, 6) is -1.23. The molecule has 4 heterocycles. The molecule has 8 nitrogen and oxygen atoms in total. The van der Waals surface area contributed by atoms with E-state index in [0.717, 1.165) is 23.4 Å². The van der Waals surface area contributed by atoms with E-state index in [1.165, 1.54) is 0 Å². The Morgan fingerprint density at radius 2 is 1.69 bits per heavy atom. The highest BCUT2D eigenvalue weighted by Gasteiger charge is 2.57. The van der Waals surface area contributed by atoms with E-state index in [9.17, 15) is 14.4 Å². The fourth-order valence-electron chi connectivity index (χ4n) is 5.80. The first kappa shape index (κ1) is 23.6. The molecule has 186 valence electrons. The second-order valence-electron chi connectivity index (χ2n) is 10.4. The standard InChI is InChI=1S/C27H32N2O6/c1-4-33-21-10-8-18(9-11-21)13-27(24(31)34-26(2,3)35-25(27)32)17-28-14-19-12-20(16-28)22-6-5-7-23(30)29(22)15-19/h5-11,19-20H,4,12-17H2,1-3H3/t19-,20-/m1/s1.